The highest BCUT2D eigenvalue weighted by Gasteiger charge is 2.13. The van der Waals surface area contributed by atoms with Crippen molar-refractivity contribution in [3.63, 3.8) is 0 Å². The van der Waals surface area contributed by atoms with Crippen LogP contribution in [0.4, 0.5) is 5.69 Å². The van der Waals surface area contributed by atoms with Gasteiger partial charge in [-0.3, -0.25) is 9.78 Å². The summed E-state index contributed by atoms with van der Waals surface area (Å²) in [6.45, 7) is 0.104. The van der Waals surface area contributed by atoms with E-state index in [1.807, 2.05) is 24.3 Å². The number of carbonyl (C=O) groups excluding carboxylic acids is 1. The first-order chi connectivity index (χ1) is 14.5. The zero-order valence-electron chi connectivity index (χ0n) is 15.8. The molecule has 4 rings (SSSR count). The van der Waals surface area contributed by atoms with Gasteiger partial charge >= 0.3 is 0 Å². The van der Waals surface area contributed by atoms with Crippen molar-refractivity contribution in [2.75, 3.05) is 12.4 Å². The minimum Gasteiger partial charge on any atom is -0.497 e. The van der Waals surface area contributed by atoms with Crippen molar-refractivity contribution in [2.45, 2.75) is 6.61 Å². The first-order valence-electron chi connectivity index (χ1n) is 8.94. The van der Waals surface area contributed by atoms with Crippen molar-refractivity contribution in [1.82, 2.24) is 4.98 Å². The van der Waals surface area contributed by atoms with Crippen LogP contribution in [0.1, 0.15) is 16.3 Å². The summed E-state index contributed by atoms with van der Waals surface area (Å²) in [5.74, 6) is 1.39. The number of nitrogens with one attached hydrogen (secondary N) is 1. The third-order valence-electron chi connectivity index (χ3n) is 4.32. The Labute approximate surface area is 182 Å². The number of ether oxygens (including phenoxy) is 2. The van der Waals surface area contributed by atoms with Gasteiger partial charge in [0.15, 0.2) is 5.76 Å². The molecule has 0 aliphatic carbocycles. The molecule has 0 saturated heterocycles. The molecule has 0 atom stereocenters. The molecule has 2 aromatic heterocycles. The zero-order valence-corrected chi connectivity index (χ0v) is 17.3. The highest BCUT2D eigenvalue weighted by atomic mass is 35.5. The normalized spacial score (nSPS) is 10.8. The Morgan fingerprint density at radius 1 is 1.13 bits per heavy atom. The van der Waals surface area contributed by atoms with E-state index in [-0.39, 0.29) is 12.4 Å². The molecule has 2 aromatic carbocycles. The second-order valence-electron chi connectivity index (χ2n) is 6.34. The summed E-state index contributed by atoms with van der Waals surface area (Å²) in [5.41, 5.74) is 1.32. The Hall–Kier alpha value is -3.22. The molecule has 0 saturated carbocycles. The van der Waals surface area contributed by atoms with Crippen molar-refractivity contribution in [2.24, 2.45) is 0 Å². The highest BCUT2D eigenvalue weighted by Crippen LogP contribution is 2.32. The van der Waals surface area contributed by atoms with Gasteiger partial charge in [0.05, 0.1) is 29.5 Å². The number of fused-ring (bicyclic) bond motifs is 1. The Balaban J connectivity index is 1.42. The van der Waals surface area contributed by atoms with Crippen LogP contribution in [0.25, 0.3) is 10.9 Å². The lowest BCUT2D eigenvalue weighted by molar-refractivity contribution is 0.0992. The number of benzene rings is 2. The van der Waals surface area contributed by atoms with Gasteiger partial charge in [0, 0.05) is 11.5 Å². The van der Waals surface area contributed by atoms with Crippen LogP contribution < -0.4 is 14.8 Å². The fourth-order valence-corrected chi connectivity index (χ4v) is 3.16. The van der Waals surface area contributed by atoms with Gasteiger partial charge in [0.25, 0.3) is 5.91 Å². The van der Waals surface area contributed by atoms with Crippen LogP contribution in [0.5, 0.6) is 11.5 Å². The molecule has 30 heavy (non-hydrogen) atoms. The van der Waals surface area contributed by atoms with Crippen LogP contribution in [-0.2, 0) is 6.61 Å². The maximum atomic E-state index is 12.5. The number of aromatic nitrogens is 1. The number of nitrogens with zero attached hydrogens (tertiary/aromatic N) is 1. The van der Waals surface area contributed by atoms with E-state index >= 15 is 0 Å². The van der Waals surface area contributed by atoms with Crippen molar-refractivity contribution in [1.29, 1.82) is 0 Å². The molecular weight excluding hydrogens is 427 g/mol. The average molecular weight is 443 g/mol. The van der Waals surface area contributed by atoms with Gasteiger partial charge in [-0.1, -0.05) is 29.3 Å². The molecule has 1 amide bonds. The molecule has 0 aliphatic heterocycles. The van der Waals surface area contributed by atoms with E-state index in [2.05, 4.69) is 10.3 Å². The Morgan fingerprint density at radius 3 is 2.83 bits per heavy atom. The molecule has 152 valence electrons. The predicted octanol–water partition coefficient (Wildman–Crippen LogP) is 5.97. The quantitative estimate of drug-likeness (QED) is 0.397. The summed E-state index contributed by atoms with van der Waals surface area (Å²) in [6, 6.07) is 15.7. The van der Waals surface area contributed by atoms with Crippen LogP contribution in [0.15, 0.2) is 65.2 Å². The fraction of sp³-hybridized carbons (Fsp3) is 0.0909. The number of halogens is 2. The van der Waals surface area contributed by atoms with Crippen LogP contribution in [-0.4, -0.2) is 18.0 Å². The molecule has 0 unspecified atom stereocenters. The molecule has 0 spiro atoms. The molecule has 8 heteroatoms. The summed E-state index contributed by atoms with van der Waals surface area (Å²) in [5, 5.41) is 4.38. The summed E-state index contributed by atoms with van der Waals surface area (Å²) >= 11 is 12.1. The molecule has 0 radical (unpaired) electrons. The van der Waals surface area contributed by atoms with Crippen LogP contribution in [0, 0.1) is 0 Å². The lowest BCUT2D eigenvalue weighted by Crippen LogP contribution is -2.11. The summed E-state index contributed by atoms with van der Waals surface area (Å²) < 4.78 is 16.4. The van der Waals surface area contributed by atoms with Gasteiger partial charge in [0.2, 0.25) is 0 Å². The number of hydrogen-bond acceptors (Lipinski definition) is 5. The second-order valence-corrected chi connectivity index (χ2v) is 7.13. The van der Waals surface area contributed by atoms with Gasteiger partial charge in [-0.15, -0.1) is 0 Å². The Kier molecular flexibility index (Phi) is 5.79. The van der Waals surface area contributed by atoms with Gasteiger partial charge in [0.1, 0.15) is 28.9 Å². The lowest BCUT2D eigenvalue weighted by Gasteiger charge is -2.07. The number of rotatable bonds is 6. The largest absolute Gasteiger partial charge is 0.497 e. The number of hydrogen-bond donors (Lipinski definition) is 1. The van der Waals surface area contributed by atoms with E-state index in [0.717, 1.165) is 16.7 Å². The molecule has 0 aliphatic rings. The number of carbonyl (C=O) groups is 1. The van der Waals surface area contributed by atoms with Crippen molar-refractivity contribution < 1.29 is 18.7 Å². The lowest BCUT2D eigenvalue weighted by atomic mass is 10.2. The third kappa shape index (κ3) is 4.35. The van der Waals surface area contributed by atoms with Crippen LogP contribution in [0.3, 0.4) is 0 Å². The van der Waals surface area contributed by atoms with E-state index in [0.29, 0.717) is 27.2 Å². The number of methoxy groups -OCH3 is 1. The van der Waals surface area contributed by atoms with Crippen LogP contribution in [0.2, 0.25) is 10.0 Å². The fourth-order valence-electron chi connectivity index (χ4n) is 2.81. The van der Waals surface area contributed by atoms with Gasteiger partial charge in [-0.05, 0) is 42.5 Å². The van der Waals surface area contributed by atoms with E-state index in [4.69, 9.17) is 37.1 Å². The zero-order chi connectivity index (χ0) is 21.1. The van der Waals surface area contributed by atoms with Crippen molar-refractivity contribution >= 4 is 45.7 Å². The highest BCUT2D eigenvalue weighted by molar-refractivity contribution is 6.42. The number of anilines is 1. The molecule has 2 heterocycles. The first kappa shape index (κ1) is 20.1. The second kappa shape index (κ2) is 8.65. The topological polar surface area (TPSA) is 73.6 Å². The number of amides is 1. The Morgan fingerprint density at radius 2 is 2.00 bits per heavy atom. The minimum absolute atomic E-state index is 0.104. The first-order valence-corrected chi connectivity index (χ1v) is 9.70. The Bertz CT molecular complexity index is 1220. The number of furan rings is 1. The van der Waals surface area contributed by atoms with Gasteiger partial charge < -0.3 is 19.2 Å². The standard InChI is InChI=1S/C22H16Cl2N2O4/c1-28-15-6-5-13-9-14(11-25-18(13)10-15)26-22(27)20-8-7-16(30-20)12-29-19-4-2-3-17(23)21(19)24/h2-11H,12H2,1H3,(H,26,27). The van der Waals surface area contributed by atoms with Crippen LogP contribution >= 0.6 is 23.2 Å². The van der Waals surface area contributed by atoms with E-state index in [1.165, 1.54) is 0 Å². The molecule has 1 N–H and O–H groups in total. The molecule has 4 aromatic rings. The van der Waals surface area contributed by atoms with Gasteiger partial charge in [-0.2, -0.15) is 0 Å². The number of pyridine rings is 1. The van der Waals surface area contributed by atoms with E-state index in [1.54, 1.807) is 43.6 Å². The maximum Gasteiger partial charge on any atom is 0.291 e. The average Bonchev–Trinajstić information content (AvgIpc) is 3.23. The maximum absolute atomic E-state index is 12.5. The van der Waals surface area contributed by atoms with E-state index in [9.17, 15) is 4.79 Å². The summed E-state index contributed by atoms with van der Waals surface area (Å²) in [7, 11) is 1.60. The molecule has 0 fully saturated rings. The molecule has 6 nitrogen and oxygen atoms in total. The monoisotopic (exact) mass is 442 g/mol. The third-order valence-corrected chi connectivity index (χ3v) is 5.12. The van der Waals surface area contributed by atoms with Crippen molar-refractivity contribution in [3.8, 4) is 11.5 Å². The molecule has 0 bridgehead atoms. The van der Waals surface area contributed by atoms with Gasteiger partial charge in [-0.25, -0.2) is 0 Å². The van der Waals surface area contributed by atoms with Crippen molar-refractivity contribution in [3.05, 3.63) is 82.4 Å². The van der Waals surface area contributed by atoms with E-state index < -0.39 is 5.91 Å². The minimum atomic E-state index is -0.392. The molecular formula is C22H16Cl2N2O4. The smallest absolute Gasteiger partial charge is 0.291 e. The SMILES string of the molecule is COc1ccc2cc(NC(=O)c3ccc(COc4cccc(Cl)c4Cl)o3)cnc2c1. The summed E-state index contributed by atoms with van der Waals surface area (Å²) in [6.07, 6.45) is 1.58. The summed E-state index contributed by atoms with van der Waals surface area (Å²) in [4.78, 5) is 16.9. The predicted molar refractivity (Wildman–Crippen MR) is 116 cm³/mol.